The van der Waals surface area contributed by atoms with Crippen molar-refractivity contribution in [2.75, 3.05) is 18.9 Å². The summed E-state index contributed by atoms with van der Waals surface area (Å²) in [6, 6.07) is -0.362. The lowest BCUT2D eigenvalue weighted by Gasteiger charge is -2.14. The van der Waals surface area contributed by atoms with Gasteiger partial charge in [-0.1, -0.05) is 11.6 Å². The Balaban J connectivity index is 2.29. The molecule has 1 amide bonds. The van der Waals surface area contributed by atoms with Crippen molar-refractivity contribution in [1.29, 1.82) is 0 Å². The van der Waals surface area contributed by atoms with Gasteiger partial charge in [0.25, 0.3) is 0 Å². The number of rotatable bonds is 3. The minimum Gasteiger partial charge on any atom is -0.358 e. The third-order valence-corrected chi connectivity index (χ3v) is 3.16. The summed E-state index contributed by atoms with van der Waals surface area (Å²) in [5.41, 5.74) is 0.185. The number of hydrogen-bond donors (Lipinski definition) is 1. The molecule has 1 unspecified atom stereocenters. The number of nitrogens with zero attached hydrogens (tertiary/aromatic N) is 3. The maximum atomic E-state index is 11.8. The number of anilines is 1. The smallest absolute Gasteiger partial charge is 0.244 e. The van der Waals surface area contributed by atoms with Crippen LogP contribution in [0.15, 0.2) is 0 Å². The van der Waals surface area contributed by atoms with Gasteiger partial charge in [0.1, 0.15) is 22.8 Å². The molecule has 1 aromatic heterocycles. The summed E-state index contributed by atoms with van der Waals surface area (Å²) >= 11 is 5.87. The molecule has 2 rings (SSSR count). The van der Waals surface area contributed by atoms with Crippen LogP contribution in [0.3, 0.4) is 0 Å². The third-order valence-electron chi connectivity index (χ3n) is 2.87. The summed E-state index contributed by atoms with van der Waals surface area (Å²) in [6.07, 6.45) is 1.27. The van der Waals surface area contributed by atoms with Crippen LogP contribution in [0.4, 0.5) is 5.82 Å². The van der Waals surface area contributed by atoms with Crippen molar-refractivity contribution in [2.45, 2.75) is 19.4 Å². The van der Waals surface area contributed by atoms with Gasteiger partial charge < -0.3 is 10.2 Å². The molecule has 0 aliphatic carbocycles. The van der Waals surface area contributed by atoms with Crippen LogP contribution >= 0.6 is 11.6 Å². The van der Waals surface area contributed by atoms with Gasteiger partial charge in [-0.2, -0.15) is 0 Å². The molecule has 6 nitrogen and oxygen atoms in total. The van der Waals surface area contributed by atoms with Gasteiger partial charge in [-0.3, -0.25) is 9.59 Å². The second kappa shape index (κ2) is 4.89. The summed E-state index contributed by atoms with van der Waals surface area (Å²) in [7, 11) is 1.74. The molecule has 1 N–H and O–H groups in total. The monoisotopic (exact) mass is 268 g/mol. The van der Waals surface area contributed by atoms with Crippen molar-refractivity contribution in [3.8, 4) is 0 Å². The number of carbonyl (C=O) groups is 2. The van der Waals surface area contributed by atoms with E-state index in [1.165, 1.54) is 0 Å². The van der Waals surface area contributed by atoms with Crippen LogP contribution in [-0.4, -0.2) is 46.7 Å². The molecule has 1 atom stereocenters. The number of halogens is 1. The molecule has 96 valence electrons. The SMILES string of the molecule is Cc1nc(Cl)c(C=O)c(NC2CCN(C)C2=O)n1. The Kier molecular flexibility index (Phi) is 3.47. The summed E-state index contributed by atoms with van der Waals surface area (Å²) in [5.74, 6) is 0.752. The number of aromatic nitrogens is 2. The molecule has 18 heavy (non-hydrogen) atoms. The number of nitrogens with one attached hydrogen (secondary N) is 1. The molecule has 1 aliphatic rings. The van der Waals surface area contributed by atoms with Crippen LogP contribution < -0.4 is 5.32 Å². The zero-order valence-corrected chi connectivity index (χ0v) is 10.9. The Hall–Kier alpha value is -1.69. The molecule has 0 saturated carbocycles. The largest absolute Gasteiger partial charge is 0.358 e. The Morgan fingerprint density at radius 2 is 2.22 bits per heavy atom. The van der Waals surface area contributed by atoms with Gasteiger partial charge in [-0.05, 0) is 13.3 Å². The molecule has 1 aliphatic heterocycles. The molecular weight excluding hydrogens is 256 g/mol. The average Bonchev–Trinajstić information content (AvgIpc) is 2.60. The predicted molar refractivity (Wildman–Crippen MR) is 66.8 cm³/mol. The topological polar surface area (TPSA) is 75.2 Å². The molecule has 1 fully saturated rings. The van der Waals surface area contributed by atoms with Gasteiger partial charge in [-0.15, -0.1) is 0 Å². The second-order valence-corrected chi connectivity index (χ2v) is 4.55. The minimum atomic E-state index is -0.362. The van der Waals surface area contributed by atoms with Gasteiger partial charge in [0.05, 0.1) is 5.56 Å². The quantitative estimate of drug-likeness (QED) is 0.651. The molecule has 0 bridgehead atoms. The summed E-state index contributed by atoms with van der Waals surface area (Å²) in [4.78, 5) is 32.4. The molecule has 7 heteroatoms. The molecule has 0 radical (unpaired) electrons. The Morgan fingerprint density at radius 1 is 1.50 bits per heavy atom. The van der Waals surface area contributed by atoms with E-state index in [4.69, 9.17) is 11.6 Å². The first-order valence-corrected chi connectivity index (χ1v) is 5.91. The van der Waals surface area contributed by atoms with E-state index in [1.807, 2.05) is 0 Å². The number of amides is 1. The van der Waals surface area contributed by atoms with E-state index < -0.39 is 0 Å². The van der Waals surface area contributed by atoms with Crippen LogP contribution in [0.25, 0.3) is 0 Å². The Labute approximate surface area is 109 Å². The Morgan fingerprint density at radius 3 is 2.78 bits per heavy atom. The van der Waals surface area contributed by atoms with Crippen molar-refractivity contribution in [1.82, 2.24) is 14.9 Å². The van der Waals surface area contributed by atoms with Gasteiger partial charge in [-0.25, -0.2) is 9.97 Å². The highest BCUT2D eigenvalue weighted by Crippen LogP contribution is 2.22. The van der Waals surface area contributed by atoms with Crippen LogP contribution in [0.5, 0.6) is 0 Å². The van der Waals surface area contributed by atoms with Crippen molar-refractivity contribution < 1.29 is 9.59 Å². The fraction of sp³-hybridized carbons (Fsp3) is 0.455. The fourth-order valence-electron chi connectivity index (χ4n) is 1.88. The number of likely N-dealkylation sites (N-methyl/N-ethyl adjacent to an activating group) is 1. The lowest BCUT2D eigenvalue weighted by Crippen LogP contribution is -2.31. The number of aldehydes is 1. The molecule has 0 spiro atoms. The normalized spacial score (nSPS) is 19.2. The minimum absolute atomic E-state index is 0.0146. The first-order valence-electron chi connectivity index (χ1n) is 5.53. The fourth-order valence-corrected chi connectivity index (χ4v) is 2.14. The molecule has 0 aromatic carbocycles. The number of carbonyl (C=O) groups excluding carboxylic acids is 2. The van der Waals surface area contributed by atoms with Crippen molar-refractivity contribution in [3.63, 3.8) is 0 Å². The predicted octanol–water partition coefficient (Wildman–Crippen LogP) is 0.894. The lowest BCUT2D eigenvalue weighted by atomic mass is 10.2. The maximum Gasteiger partial charge on any atom is 0.244 e. The standard InChI is InChI=1S/C11H13ClN4O2/c1-6-13-9(12)7(5-17)10(14-6)15-8-3-4-16(2)11(8)18/h5,8H,3-4H2,1-2H3,(H,13,14,15). The lowest BCUT2D eigenvalue weighted by molar-refractivity contribution is -0.127. The van der Waals surface area contributed by atoms with E-state index in [1.54, 1.807) is 18.9 Å². The van der Waals surface area contributed by atoms with Gasteiger partial charge in [0.15, 0.2) is 6.29 Å². The van der Waals surface area contributed by atoms with Crippen LogP contribution in [-0.2, 0) is 4.79 Å². The number of likely N-dealkylation sites (tertiary alicyclic amines) is 1. The Bertz CT molecular complexity index is 506. The van der Waals surface area contributed by atoms with Crippen molar-refractivity contribution >= 4 is 29.6 Å². The molecule has 1 saturated heterocycles. The highest BCUT2D eigenvalue weighted by Gasteiger charge is 2.30. The third kappa shape index (κ3) is 2.28. The van der Waals surface area contributed by atoms with E-state index in [9.17, 15) is 9.59 Å². The highest BCUT2D eigenvalue weighted by atomic mass is 35.5. The number of hydrogen-bond acceptors (Lipinski definition) is 5. The van der Waals surface area contributed by atoms with Gasteiger partial charge >= 0.3 is 0 Å². The van der Waals surface area contributed by atoms with E-state index in [-0.39, 0.29) is 22.7 Å². The summed E-state index contributed by atoms with van der Waals surface area (Å²) in [6.45, 7) is 2.36. The number of aryl methyl sites for hydroxylation is 1. The van der Waals surface area contributed by atoms with Crippen LogP contribution in [0.1, 0.15) is 22.6 Å². The van der Waals surface area contributed by atoms with Crippen molar-refractivity contribution in [2.24, 2.45) is 0 Å². The second-order valence-electron chi connectivity index (χ2n) is 4.19. The van der Waals surface area contributed by atoms with E-state index in [0.29, 0.717) is 30.9 Å². The molecule has 2 heterocycles. The van der Waals surface area contributed by atoms with Gasteiger partial charge in [0.2, 0.25) is 5.91 Å². The highest BCUT2D eigenvalue weighted by molar-refractivity contribution is 6.32. The molecule has 1 aromatic rings. The zero-order chi connectivity index (χ0) is 13.3. The van der Waals surface area contributed by atoms with E-state index >= 15 is 0 Å². The summed E-state index contributed by atoms with van der Waals surface area (Å²) < 4.78 is 0. The van der Waals surface area contributed by atoms with Gasteiger partial charge in [0, 0.05) is 13.6 Å². The first kappa shape index (κ1) is 12.8. The first-order chi connectivity index (χ1) is 8.52. The maximum absolute atomic E-state index is 11.8. The zero-order valence-electron chi connectivity index (χ0n) is 10.1. The molecular formula is C11H13ClN4O2. The van der Waals surface area contributed by atoms with Crippen LogP contribution in [0, 0.1) is 6.92 Å². The van der Waals surface area contributed by atoms with E-state index in [0.717, 1.165) is 0 Å². The summed E-state index contributed by atoms with van der Waals surface area (Å²) in [5, 5.41) is 3.06. The average molecular weight is 269 g/mol. The van der Waals surface area contributed by atoms with E-state index in [2.05, 4.69) is 15.3 Å². The van der Waals surface area contributed by atoms with Crippen LogP contribution in [0.2, 0.25) is 5.15 Å². The van der Waals surface area contributed by atoms with Crippen molar-refractivity contribution in [3.05, 3.63) is 16.5 Å².